The lowest BCUT2D eigenvalue weighted by Gasteiger charge is -2.19. The number of carbonyl (C=O) groups excluding carboxylic acids is 1. The van der Waals surface area contributed by atoms with Crippen molar-refractivity contribution in [3.05, 3.63) is 22.7 Å². The highest BCUT2D eigenvalue weighted by Gasteiger charge is 2.14. The molecule has 1 amide bonds. The molecule has 2 heterocycles. The molecule has 1 aliphatic rings. The summed E-state index contributed by atoms with van der Waals surface area (Å²) in [5, 5.41) is 2.76. The second kappa shape index (κ2) is 4.12. The maximum Gasteiger partial charge on any atom is 0.252 e. The molecule has 0 spiro atoms. The Morgan fingerprint density at radius 3 is 3.00 bits per heavy atom. The third-order valence-corrected chi connectivity index (χ3v) is 2.30. The number of hydrogen-bond donors (Lipinski definition) is 2. The number of anilines is 1. The molecule has 0 saturated carbocycles. The van der Waals surface area contributed by atoms with Gasteiger partial charge in [-0.05, 0) is 0 Å². The van der Waals surface area contributed by atoms with Crippen molar-refractivity contribution in [2.45, 2.75) is 6.42 Å². The lowest BCUT2D eigenvalue weighted by molar-refractivity contribution is -0.120. The normalized spacial score (nSPS) is 17.1. The highest BCUT2D eigenvalue weighted by atomic mass is 16.1. The topological polar surface area (TPSA) is 78.1 Å². The van der Waals surface area contributed by atoms with Crippen molar-refractivity contribution in [1.29, 1.82) is 0 Å². The number of nitrogens with one attached hydrogen (secondary N) is 2. The molecular weight excluding hydrogens is 196 g/mol. The summed E-state index contributed by atoms with van der Waals surface area (Å²) in [6, 6.07) is 1.44. The summed E-state index contributed by atoms with van der Waals surface area (Å²) in [6.45, 7) is 1.87. The number of H-pyrrole nitrogens is 1. The standard InChI is InChI=1S/C9H12N4O2/c14-8-1-3-13(4-2-10-8)7-5-9(15)12-6-11-7/h5-6H,1-4H2,(H,10,14)(H,11,12,15). The minimum Gasteiger partial charge on any atom is -0.354 e. The van der Waals surface area contributed by atoms with Crippen molar-refractivity contribution in [1.82, 2.24) is 15.3 Å². The Morgan fingerprint density at radius 2 is 2.20 bits per heavy atom. The Bertz CT molecular complexity index is 415. The number of aromatic nitrogens is 2. The van der Waals surface area contributed by atoms with Gasteiger partial charge in [0.05, 0.1) is 6.33 Å². The maximum atomic E-state index is 11.1. The first-order chi connectivity index (χ1) is 7.25. The predicted octanol–water partition coefficient (Wildman–Crippen LogP) is -0.904. The third-order valence-electron chi connectivity index (χ3n) is 2.30. The van der Waals surface area contributed by atoms with Crippen LogP contribution >= 0.6 is 0 Å². The van der Waals surface area contributed by atoms with Gasteiger partial charge >= 0.3 is 0 Å². The molecule has 15 heavy (non-hydrogen) atoms. The zero-order valence-corrected chi connectivity index (χ0v) is 8.19. The molecule has 6 nitrogen and oxygen atoms in total. The van der Waals surface area contributed by atoms with Gasteiger partial charge in [-0.15, -0.1) is 0 Å². The average Bonchev–Trinajstić information content (AvgIpc) is 2.43. The van der Waals surface area contributed by atoms with Gasteiger partial charge in [0.1, 0.15) is 5.82 Å². The van der Waals surface area contributed by atoms with E-state index in [1.54, 1.807) is 0 Å². The Kier molecular flexibility index (Phi) is 2.66. The number of aromatic amines is 1. The van der Waals surface area contributed by atoms with Crippen LogP contribution in [0.2, 0.25) is 0 Å². The smallest absolute Gasteiger partial charge is 0.252 e. The van der Waals surface area contributed by atoms with Gasteiger partial charge in [0.15, 0.2) is 0 Å². The van der Waals surface area contributed by atoms with Gasteiger partial charge in [0.2, 0.25) is 5.91 Å². The van der Waals surface area contributed by atoms with Crippen LogP contribution in [0.1, 0.15) is 6.42 Å². The van der Waals surface area contributed by atoms with Gasteiger partial charge in [-0.1, -0.05) is 0 Å². The summed E-state index contributed by atoms with van der Waals surface area (Å²) in [5.74, 6) is 0.664. The molecule has 0 radical (unpaired) electrons. The Morgan fingerprint density at radius 1 is 1.33 bits per heavy atom. The van der Waals surface area contributed by atoms with Crippen molar-refractivity contribution < 1.29 is 4.79 Å². The van der Waals surface area contributed by atoms with Gasteiger partial charge in [0, 0.05) is 32.1 Å². The summed E-state index contributed by atoms with van der Waals surface area (Å²) < 4.78 is 0. The van der Waals surface area contributed by atoms with E-state index >= 15 is 0 Å². The number of amides is 1. The van der Waals surface area contributed by atoms with Gasteiger partial charge in [-0.3, -0.25) is 9.59 Å². The highest BCUT2D eigenvalue weighted by Crippen LogP contribution is 2.07. The summed E-state index contributed by atoms with van der Waals surface area (Å²) in [4.78, 5) is 30.6. The van der Waals surface area contributed by atoms with Crippen LogP contribution < -0.4 is 15.8 Å². The fraction of sp³-hybridized carbons (Fsp3) is 0.444. The average molecular weight is 208 g/mol. The first-order valence-electron chi connectivity index (χ1n) is 4.82. The minimum atomic E-state index is -0.177. The molecule has 1 fully saturated rings. The van der Waals surface area contributed by atoms with Gasteiger partial charge < -0.3 is 15.2 Å². The number of nitrogens with zero attached hydrogens (tertiary/aromatic N) is 2. The van der Waals surface area contributed by atoms with Gasteiger partial charge in [-0.2, -0.15) is 0 Å². The fourth-order valence-corrected chi connectivity index (χ4v) is 1.53. The first-order valence-corrected chi connectivity index (χ1v) is 4.82. The van der Waals surface area contributed by atoms with Crippen LogP contribution in [0.5, 0.6) is 0 Å². The minimum absolute atomic E-state index is 0.0438. The van der Waals surface area contributed by atoms with E-state index in [9.17, 15) is 9.59 Å². The monoisotopic (exact) mass is 208 g/mol. The first kappa shape index (κ1) is 9.70. The third kappa shape index (κ3) is 2.34. The van der Waals surface area contributed by atoms with Crippen molar-refractivity contribution in [3.8, 4) is 0 Å². The Balaban J connectivity index is 2.16. The highest BCUT2D eigenvalue weighted by molar-refractivity contribution is 5.77. The van der Waals surface area contributed by atoms with Gasteiger partial charge in [0.25, 0.3) is 5.56 Å². The quantitative estimate of drug-likeness (QED) is 0.626. The zero-order chi connectivity index (χ0) is 10.7. The second-order valence-electron chi connectivity index (χ2n) is 3.36. The Hall–Kier alpha value is -1.85. The fourth-order valence-electron chi connectivity index (χ4n) is 1.53. The second-order valence-corrected chi connectivity index (χ2v) is 3.36. The van der Waals surface area contributed by atoms with Gasteiger partial charge in [-0.25, -0.2) is 4.98 Å². The molecule has 1 aromatic heterocycles. The summed E-state index contributed by atoms with van der Waals surface area (Å²) in [6.07, 6.45) is 1.81. The van der Waals surface area contributed by atoms with Crippen LogP contribution in [0, 0.1) is 0 Å². The van der Waals surface area contributed by atoms with Crippen LogP contribution in [0.15, 0.2) is 17.2 Å². The zero-order valence-electron chi connectivity index (χ0n) is 8.19. The van der Waals surface area contributed by atoms with E-state index in [0.717, 1.165) is 0 Å². The van der Waals surface area contributed by atoms with Crippen LogP contribution in [0.25, 0.3) is 0 Å². The van der Waals surface area contributed by atoms with Crippen molar-refractivity contribution in [2.75, 3.05) is 24.5 Å². The van der Waals surface area contributed by atoms with E-state index < -0.39 is 0 Å². The molecule has 0 unspecified atom stereocenters. The lowest BCUT2D eigenvalue weighted by atomic mass is 10.4. The molecule has 0 aliphatic carbocycles. The molecular formula is C9H12N4O2. The molecule has 6 heteroatoms. The molecule has 80 valence electrons. The molecule has 1 saturated heterocycles. The van der Waals surface area contributed by atoms with Crippen molar-refractivity contribution in [2.24, 2.45) is 0 Å². The van der Waals surface area contributed by atoms with E-state index in [4.69, 9.17) is 0 Å². The van der Waals surface area contributed by atoms with E-state index in [1.165, 1.54) is 12.4 Å². The molecule has 2 rings (SSSR count). The van der Waals surface area contributed by atoms with Crippen molar-refractivity contribution in [3.63, 3.8) is 0 Å². The largest absolute Gasteiger partial charge is 0.354 e. The van der Waals surface area contributed by atoms with Crippen LogP contribution in [-0.2, 0) is 4.79 Å². The molecule has 0 aromatic carbocycles. The molecule has 0 atom stereocenters. The number of hydrogen-bond acceptors (Lipinski definition) is 4. The summed E-state index contributed by atoms with van der Waals surface area (Å²) >= 11 is 0. The summed E-state index contributed by atoms with van der Waals surface area (Å²) in [7, 11) is 0. The molecule has 2 N–H and O–H groups in total. The SMILES string of the molecule is O=C1CCN(c2cc(=O)[nH]cn2)CCN1. The predicted molar refractivity (Wildman–Crippen MR) is 54.7 cm³/mol. The van der Waals surface area contributed by atoms with Crippen LogP contribution in [0.3, 0.4) is 0 Å². The van der Waals surface area contributed by atoms with Crippen LogP contribution in [0.4, 0.5) is 5.82 Å². The lowest BCUT2D eigenvalue weighted by Crippen LogP contribution is -2.29. The van der Waals surface area contributed by atoms with E-state index in [0.29, 0.717) is 31.9 Å². The molecule has 0 bridgehead atoms. The molecule has 1 aliphatic heterocycles. The maximum absolute atomic E-state index is 11.1. The van der Waals surface area contributed by atoms with E-state index in [2.05, 4.69) is 15.3 Å². The molecule has 1 aromatic rings. The Labute approximate surface area is 86.3 Å². The number of rotatable bonds is 1. The number of carbonyl (C=O) groups is 1. The van der Waals surface area contributed by atoms with E-state index in [1.807, 2.05) is 4.90 Å². The van der Waals surface area contributed by atoms with Crippen molar-refractivity contribution >= 4 is 11.7 Å². The summed E-state index contributed by atoms with van der Waals surface area (Å²) in [5.41, 5.74) is -0.177. The van der Waals surface area contributed by atoms with E-state index in [-0.39, 0.29) is 11.5 Å². The van der Waals surface area contributed by atoms with Crippen LogP contribution in [-0.4, -0.2) is 35.5 Å².